The van der Waals surface area contributed by atoms with E-state index in [0.29, 0.717) is 30.0 Å². The van der Waals surface area contributed by atoms with E-state index in [1.54, 1.807) is 12.3 Å². The minimum absolute atomic E-state index is 0.0610. The number of aliphatic hydroxyl groups excluding tert-OH is 1. The highest BCUT2D eigenvalue weighted by molar-refractivity contribution is 6.00. The Morgan fingerprint density at radius 2 is 2.13 bits per heavy atom. The first-order valence-corrected chi connectivity index (χ1v) is 10.4. The van der Waals surface area contributed by atoms with E-state index in [4.69, 9.17) is 0 Å². The van der Waals surface area contributed by atoms with Gasteiger partial charge in [-0.3, -0.25) is 4.79 Å². The van der Waals surface area contributed by atoms with Gasteiger partial charge in [-0.15, -0.1) is 0 Å². The zero-order valence-corrected chi connectivity index (χ0v) is 17.4. The van der Waals surface area contributed by atoms with Crippen LogP contribution in [0.5, 0.6) is 0 Å². The lowest BCUT2D eigenvalue weighted by molar-refractivity contribution is 0.0898. The first-order chi connectivity index (χ1) is 14.9. The molecular weight excluding hydrogens is 404 g/mol. The van der Waals surface area contributed by atoms with E-state index in [9.17, 15) is 18.7 Å². The van der Waals surface area contributed by atoms with Gasteiger partial charge in [0.2, 0.25) is 0 Å². The maximum atomic E-state index is 14.4. The van der Waals surface area contributed by atoms with Gasteiger partial charge < -0.3 is 15.3 Å². The molecule has 3 aromatic rings. The number of aliphatic hydroxyl groups is 1. The second-order valence-electron chi connectivity index (χ2n) is 8.14. The lowest BCUT2D eigenvalue weighted by atomic mass is 10.0. The summed E-state index contributed by atoms with van der Waals surface area (Å²) in [4.78, 5) is 19.3. The van der Waals surface area contributed by atoms with Crippen molar-refractivity contribution in [2.75, 3.05) is 18.1 Å². The first kappa shape index (κ1) is 21.2. The zero-order chi connectivity index (χ0) is 22.1. The van der Waals surface area contributed by atoms with Crippen LogP contribution in [0.25, 0.3) is 5.65 Å². The quantitative estimate of drug-likeness (QED) is 0.629. The molecule has 1 aliphatic heterocycles. The molecule has 4 rings (SSSR count). The van der Waals surface area contributed by atoms with Crippen LogP contribution in [0.2, 0.25) is 0 Å². The molecule has 9 heteroatoms. The van der Waals surface area contributed by atoms with Crippen molar-refractivity contribution in [3.8, 4) is 0 Å². The molecule has 1 aliphatic rings. The van der Waals surface area contributed by atoms with Crippen LogP contribution in [0.1, 0.15) is 48.7 Å². The minimum Gasteiger partial charge on any atom is -0.394 e. The minimum atomic E-state index is -0.481. The number of hydrogen-bond donors (Lipinski definition) is 2. The maximum Gasteiger partial charge on any atom is 0.257 e. The summed E-state index contributed by atoms with van der Waals surface area (Å²) in [7, 11) is 0. The third-order valence-electron chi connectivity index (χ3n) is 5.78. The molecule has 1 amide bonds. The van der Waals surface area contributed by atoms with E-state index < -0.39 is 11.6 Å². The Kier molecular flexibility index (Phi) is 5.86. The zero-order valence-electron chi connectivity index (χ0n) is 17.4. The lowest BCUT2D eigenvalue weighted by Gasteiger charge is -2.26. The number of rotatable bonds is 6. The van der Waals surface area contributed by atoms with Crippen LogP contribution in [-0.4, -0.2) is 44.8 Å². The summed E-state index contributed by atoms with van der Waals surface area (Å²) in [6.07, 6.45) is 4.61. The highest BCUT2D eigenvalue weighted by atomic mass is 19.1. The van der Waals surface area contributed by atoms with Gasteiger partial charge in [-0.05, 0) is 43.0 Å². The molecule has 0 radical (unpaired) electrons. The molecule has 0 bridgehead atoms. The Bertz CT molecular complexity index is 1100. The molecule has 2 atom stereocenters. The van der Waals surface area contributed by atoms with Crippen molar-refractivity contribution in [3.63, 3.8) is 0 Å². The van der Waals surface area contributed by atoms with Gasteiger partial charge in [0.1, 0.15) is 23.0 Å². The van der Waals surface area contributed by atoms with E-state index in [2.05, 4.69) is 15.4 Å². The van der Waals surface area contributed by atoms with Gasteiger partial charge in [0.25, 0.3) is 5.91 Å². The fourth-order valence-electron chi connectivity index (χ4n) is 3.98. The van der Waals surface area contributed by atoms with Crippen LogP contribution in [0.15, 0.2) is 36.7 Å². The first-order valence-electron chi connectivity index (χ1n) is 10.4. The largest absolute Gasteiger partial charge is 0.394 e. The number of carbonyl (C=O) groups excluding carboxylic acids is 1. The van der Waals surface area contributed by atoms with Crippen molar-refractivity contribution in [1.29, 1.82) is 0 Å². The predicted molar refractivity (Wildman–Crippen MR) is 112 cm³/mol. The van der Waals surface area contributed by atoms with Crippen LogP contribution in [0, 0.1) is 17.6 Å². The van der Waals surface area contributed by atoms with Crippen molar-refractivity contribution < 1.29 is 18.7 Å². The van der Waals surface area contributed by atoms with E-state index in [1.807, 2.05) is 18.7 Å². The fraction of sp³-hybridized carbons (Fsp3) is 0.409. The van der Waals surface area contributed by atoms with E-state index in [0.717, 1.165) is 18.6 Å². The van der Waals surface area contributed by atoms with E-state index in [-0.39, 0.29) is 36.1 Å². The van der Waals surface area contributed by atoms with Crippen molar-refractivity contribution in [3.05, 3.63) is 59.4 Å². The summed E-state index contributed by atoms with van der Waals surface area (Å²) >= 11 is 0. The average Bonchev–Trinajstić information content (AvgIpc) is 3.40. The maximum absolute atomic E-state index is 14.4. The van der Waals surface area contributed by atoms with Crippen LogP contribution >= 0.6 is 0 Å². The summed E-state index contributed by atoms with van der Waals surface area (Å²) in [5.41, 5.74) is 0.947. The number of fused-ring (bicyclic) bond motifs is 1. The molecule has 164 valence electrons. The van der Waals surface area contributed by atoms with E-state index >= 15 is 0 Å². The van der Waals surface area contributed by atoms with Gasteiger partial charge in [0, 0.05) is 18.3 Å². The number of nitrogens with zero attached hydrogens (tertiary/aromatic N) is 4. The highest BCUT2D eigenvalue weighted by Crippen LogP contribution is 2.36. The van der Waals surface area contributed by atoms with Gasteiger partial charge in [-0.25, -0.2) is 18.3 Å². The summed E-state index contributed by atoms with van der Waals surface area (Å²) in [5.74, 6) is -0.680. The van der Waals surface area contributed by atoms with Gasteiger partial charge >= 0.3 is 0 Å². The van der Waals surface area contributed by atoms with Gasteiger partial charge in [-0.1, -0.05) is 13.8 Å². The third kappa shape index (κ3) is 4.10. The second kappa shape index (κ2) is 8.58. The van der Waals surface area contributed by atoms with Crippen molar-refractivity contribution in [2.24, 2.45) is 5.92 Å². The molecule has 0 spiro atoms. The Morgan fingerprint density at radius 1 is 1.32 bits per heavy atom. The second-order valence-corrected chi connectivity index (χ2v) is 8.14. The molecule has 1 aromatic carbocycles. The molecule has 0 aliphatic carbocycles. The average molecular weight is 429 g/mol. The van der Waals surface area contributed by atoms with Crippen LogP contribution < -0.4 is 10.2 Å². The molecule has 1 fully saturated rings. The SMILES string of the molecule is CC(C)[C@@H](CO)NC(=O)c1cnn2ccc(N3CCCC3c3cc(F)ccc3F)nc12. The number of carbonyl (C=O) groups is 1. The molecule has 2 N–H and O–H groups in total. The Labute approximate surface area is 178 Å². The fourth-order valence-corrected chi connectivity index (χ4v) is 3.98. The Hall–Kier alpha value is -3.07. The normalized spacial score (nSPS) is 17.5. The number of halogens is 2. The van der Waals surface area contributed by atoms with Crippen LogP contribution in [0.3, 0.4) is 0 Å². The molecule has 31 heavy (non-hydrogen) atoms. The molecule has 2 aromatic heterocycles. The number of aromatic nitrogens is 3. The Balaban J connectivity index is 1.67. The number of benzene rings is 1. The van der Waals surface area contributed by atoms with Crippen molar-refractivity contribution >= 4 is 17.4 Å². The van der Waals surface area contributed by atoms with Crippen molar-refractivity contribution in [2.45, 2.75) is 38.8 Å². The smallest absolute Gasteiger partial charge is 0.257 e. The molecule has 1 unspecified atom stereocenters. The lowest BCUT2D eigenvalue weighted by Crippen LogP contribution is -2.41. The van der Waals surface area contributed by atoms with Crippen LogP contribution in [0.4, 0.5) is 14.6 Å². The van der Waals surface area contributed by atoms with E-state index in [1.165, 1.54) is 16.8 Å². The Morgan fingerprint density at radius 3 is 2.87 bits per heavy atom. The summed E-state index contributed by atoms with van der Waals surface area (Å²) in [5, 5.41) is 16.5. The molecule has 3 heterocycles. The highest BCUT2D eigenvalue weighted by Gasteiger charge is 2.30. The van der Waals surface area contributed by atoms with Gasteiger partial charge in [0.15, 0.2) is 5.65 Å². The summed E-state index contributed by atoms with van der Waals surface area (Å²) in [6.45, 7) is 4.29. The standard InChI is InChI=1S/C22H25F2N5O2/c1-13(2)18(12-30)26-22(31)16-11-25-29-9-7-20(27-21(16)29)28-8-3-4-19(28)15-10-14(23)5-6-17(15)24/h5-7,9-11,13,18-19,30H,3-4,8,12H2,1-2H3,(H,26,31)/t18-,19?/m1/s1. The number of amides is 1. The van der Waals surface area contributed by atoms with Gasteiger partial charge in [-0.2, -0.15) is 5.10 Å². The summed E-state index contributed by atoms with van der Waals surface area (Å²) < 4.78 is 29.7. The molecule has 0 saturated carbocycles. The predicted octanol–water partition coefficient (Wildman–Crippen LogP) is 3.10. The number of anilines is 1. The topological polar surface area (TPSA) is 82.8 Å². The molecular formula is C22H25F2N5O2. The van der Waals surface area contributed by atoms with Crippen LogP contribution in [-0.2, 0) is 0 Å². The summed E-state index contributed by atoms with van der Waals surface area (Å²) in [6, 6.07) is 4.51. The molecule has 1 saturated heterocycles. The monoisotopic (exact) mass is 429 g/mol. The number of hydrogen-bond acceptors (Lipinski definition) is 5. The van der Waals surface area contributed by atoms with Gasteiger partial charge in [0.05, 0.1) is 24.9 Å². The number of nitrogens with one attached hydrogen (secondary N) is 1. The van der Waals surface area contributed by atoms with Crippen molar-refractivity contribution in [1.82, 2.24) is 19.9 Å². The molecule has 7 nitrogen and oxygen atoms in total. The third-order valence-corrected chi connectivity index (χ3v) is 5.78.